The van der Waals surface area contributed by atoms with E-state index in [1.165, 1.54) is 11.8 Å². The summed E-state index contributed by atoms with van der Waals surface area (Å²) in [5.74, 6) is 5.67. The second-order valence-corrected chi connectivity index (χ2v) is 5.25. The molecule has 2 rings (SSSR count). The van der Waals surface area contributed by atoms with Gasteiger partial charge in [0.1, 0.15) is 0 Å². The number of carbonyl (C=O) groups excluding carboxylic acids is 1. The maximum Gasteiger partial charge on any atom is 0.259 e. The van der Waals surface area contributed by atoms with Gasteiger partial charge in [-0.05, 0) is 36.6 Å². The number of hydrazine groups is 1. The number of pyridine rings is 1. The predicted molar refractivity (Wildman–Crippen MR) is 85.3 cm³/mol. The fraction of sp³-hybridized carbons (Fsp3) is 0.250. The van der Waals surface area contributed by atoms with Gasteiger partial charge in [-0.1, -0.05) is 26.0 Å². The molecule has 0 fully saturated rings. The van der Waals surface area contributed by atoms with Gasteiger partial charge >= 0.3 is 0 Å². The molecule has 1 amide bonds. The van der Waals surface area contributed by atoms with Gasteiger partial charge in [-0.15, -0.1) is 0 Å². The van der Waals surface area contributed by atoms with Crippen molar-refractivity contribution >= 4 is 17.3 Å². The number of carbonyl (C=O) groups is 1. The average Bonchev–Trinajstić information content (AvgIpc) is 2.47. The van der Waals surface area contributed by atoms with Crippen LogP contribution in [-0.2, 0) is 0 Å². The second kappa shape index (κ2) is 6.37. The van der Waals surface area contributed by atoms with Crippen molar-refractivity contribution in [1.29, 1.82) is 0 Å². The van der Waals surface area contributed by atoms with Crippen LogP contribution in [0.15, 0.2) is 36.5 Å². The number of hydrogen-bond donors (Lipinski definition) is 3. The van der Waals surface area contributed by atoms with Gasteiger partial charge in [0.15, 0.2) is 0 Å². The van der Waals surface area contributed by atoms with Gasteiger partial charge in [0.25, 0.3) is 5.91 Å². The normalized spacial score (nSPS) is 10.5. The summed E-state index contributed by atoms with van der Waals surface area (Å²) in [5.41, 5.74) is 6.26. The fourth-order valence-corrected chi connectivity index (χ4v) is 2.01. The summed E-state index contributed by atoms with van der Waals surface area (Å²) in [5, 5.41) is 2.84. The lowest BCUT2D eigenvalue weighted by Gasteiger charge is -2.11. The molecule has 1 heterocycles. The molecule has 0 atom stereocenters. The Morgan fingerprint density at radius 2 is 1.90 bits per heavy atom. The summed E-state index contributed by atoms with van der Waals surface area (Å²) in [6.45, 7) is 6.10. The van der Waals surface area contributed by atoms with Crippen molar-refractivity contribution in [2.75, 3.05) is 10.7 Å². The highest BCUT2D eigenvalue weighted by atomic mass is 16.1. The standard InChI is InChI=1S/C16H20N4O/c1-10(2)12-4-6-13(7-5-12)19-16(21)14-9-18-11(3)8-15(14)20-17/h4-10H,17H2,1-3H3,(H,18,20)(H,19,21). The average molecular weight is 284 g/mol. The van der Waals surface area contributed by atoms with E-state index in [0.717, 1.165) is 11.4 Å². The quantitative estimate of drug-likeness (QED) is 0.595. The number of nitrogens with one attached hydrogen (secondary N) is 2. The van der Waals surface area contributed by atoms with Gasteiger partial charge in [0.05, 0.1) is 11.3 Å². The molecule has 21 heavy (non-hydrogen) atoms. The maximum absolute atomic E-state index is 12.3. The molecule has 0 aliphatic heterocycles. The Morgan fingerprint density at radius 1 is 1.24 bits per heavy atom. The Bertz CT molecular complexity index is 635. The number of rotatable bonds is 4. The van der Waals surface area contributed by atoms with E-state index in [-0.39, 0.29) is 5.91 Å². The number of aromatic nitrogens is 1. The highest BCUT2D eigenvalue weighted by Gasteiger charge is 2.12. The van der Waals surface area contributed by atoms with Crippen molar-refractivity contribution in [2.24, 2.45) is 5.84 Å². The number of nitrogens with two attached hydrogens (primary N) is 1. The molecular formula is C16H20N4O. The summed E-state index contributed by atoms with van der Waals surface area (Å²) >= 11 is 0. The molecule has 2 aromatic rings. The highest BCUT2D eigenvalue weighted by molar-refractivity contribution is 6.07. The van der Waals surface area contributed by atoms with Crippen LogP contribution in [0.4, 0.5) is 11.4 Å². The van der Waals surface area contributed by atoms with Crippen molar-refractivity contribution in [1.82, 2.24) is 4.98 Å². The van der Waals surface area contributed by atoms with E-state index in [9.17, 15) is 4.79 Å². The van der Waals surface area contributed by atoms with Crippen molar-refractivity contribution in [3.05, 3.63) is 53.3 Å². The zero-order valence-corrected chi connectivity index (χ0v) is 12.5. The first-order valence-corrected chi connectivity index (χ1v) is 6.86. The summed E-state index contributed by atoms with van der Waals surface area (Å²) in [7, 11) is 0. The van der Waals surface area contributed by atoms with Crippen LogP contribution in [0.1, 0.15) is 41.4 Å². The van der Waals surface area contributed by atoms with Crippen LogP contribution in [0.25, 0.3) is 0 Å². The molecule has 0 aliphatic carbocycles. The second-order valence-electron chi connectivity index (χ2n) is 5.25. The minimum absolute atomic E-state index is 0.243. The maximum atomic E-state index is 12.3. The van der Waals surface area contributed by atoms with Crippen molar-refractivity contribution in [2.45, 2.75) is 26.7 Å². The third-order valence-corrected chi connectivity index (χ3v) is 3.28. The molecule has 0 radical (unpaired) electrons. The molecule has 0 saturated carbocycles. The fourth-order valence-electron chi connectivity index (χ4n) is 2.01. The lowest BCUT2D eigenvalue weighted by Crippen LogP contribution is -2.18. The van der Waals surface area contributed by atoms with E-state index in [0.29, 0.717) is 17.2 Å². The Morgan fingerprint density at radius 3 is 2.48 bits per heavy atom. The minimum atomic E-state index is -0.243. The van der Waals surface area contributed by atoms with Gasteiger partial charge < -0.3 is 10.7 Å². The minimum Gasteiger partial charge on any atom is -0.323 e. The summed E-state index contributed by atoms with van der Waals surface area (Å²) in [4.78, 5) is 16.4. The molecule has 0 unspecified atom stereocenters. The Labute approximate surface area is 124 Å². The van der Waals surface area contributed by atoms with Crippen molar-refractivity contribution in [3.8, 4) is 0 Å². The van der Waals surface area contributed by atoms with Gasteiger partial charge in [0.2, 0.25) is 0 Å². The number of aryl methyl sites for hydroxylation is 1. The highest BCUT2D eigenvalue weighted by Crippen LogP contribution is 2.19. The zero-order valence-electron chi connectivity index (χ0n) is 12.5. The monoisotopic (exact) mass is 284 g/mol. The SMILES string of the molecule is Cc1cc(NN)c(C(=O)Nc2ccc(C(C)C)cc2)cn1. The van der Waals surface area contributed by atoms with Gasteiger partial charge in [-0.3, -0.25) is 15.6 Å². The topological polar surface area (TPSA) is 80.0 Å². The molecule has 5 heteroatoms. The number of benzene rings is 1. The first-order chi connectivity index (χ1) is 10.0. The Kier molecular flexibility index (Phi) is 4.55. The number of nitrogen functional groups attached to an aromatic ring is 1. The third-order valence-electron chi connectivity index (χ3n) is 3.28. The molecule has 0 aliphatic rings. The Hall–Kier alpha value is -2.40. The van der Waals surface area contributed by atoms with Crippen molar-refractivity contribution < 1.29 is 4.79 Å². The zero-order chi connectivity index (χ0) is 15.4. The van der Waals surface area contributed by atoms with Crippen LogP contribution in [-0.4, -0.2) is 10.9 Å². The number of hydrogen-bond acceptors (Lipinski definition) is 4. The molecule has 5 nitrogen and oxygen atoms in total. The van der Waals surface area contributed by atoms with E-state index in [2.05, 4.69) is 29.6 Å². The van der Waals surface area contributed by atoms with Gasteiger partial charge in [-0.2, -0.15) is 0 Å². The smallest absolute Gasteiger partial charge is 0.259 e. The van der Waals surface area contributed by atoms with Gasteiger partial charge in [-0.25, -0.2) is 0 Å². The lowest BCUT2D eigenvalue weighted by molar-refractivity contribution is 0.102. The van der Waals surface area contributed by atoms with Gasteiger partial charge in [0, 0.05) is 17.6 Å². The van der Waals surface area contributed by atoms with Crippen LogP contribution >= 0.6 is 0 Å². The predicted octanol–water partition coefficient (Wildman–Crippen LogP) is 3.05. The van der Waals surface area contributed by atoms with Crippen LogP contribution in [0, 0.1) is 6.92 Å². The summed E-state index contributed by atoms with van der Waals surface area (Å²) < 4.78 is 0. The van der Waals surface area contributed by atoms with E-state index in [1.54, 1.807) is 6.07 Å². The molecule has 1 aromatic carbocycles. The number of amides is 1. The largest absolute Gasteiger partial charge is 0.323 e. The molecule has 110 valence electrons. The third kappa shape index (κ3) is 3.58. The molecular weight excluding hydrogens is 264 g/mol. The summed E-state index contributed by atoms with van der Waals surface area (Å²) in [6, 6.07) is 9.54. The molecule has 0 saturated heterocycles. The van der Waals surface area contributed by atoms with Crippen molar-refractivity contribution in [3.63, 3.8) is 0 Å². The van der Waals surface area contributed by atoms with Crippen LogP contribution in [0.2, 0.25) is 0 Å². The van der Waals surface area contributed by atoms with E-state index in [1.807, 2.05) is 31.2 Å². The molecule has 4 N–H and O–H groups in total. The first kappa shape index (κ1) is 15.0. The van der Waals surface area contributed by atoms with Crippen LogP contribution < -0.4 is 16.6 Å². The first-order valence-electron chi connectivity index (χ1n) is 6.86. The number of nitrogens with zero attached hydrogens (tertiary/aromatic N) is 1. The van der Waals surface area contributed by atoms with E-state index >= 15 is 0 Å². The van der Waals surface area contributed by atoms with E-state index in [4.69, 9.17) is 5.84 Å². The van der Waals surface area contributed by atoms with Crippen LogP contribution in [0.5, 0.6) is 0 Å². The summed E-state index contributed by atoms with van der Waals surface area (Å²) in [6.07, 6.45) is 1.52. The molecule has 0 spiro atoms. The van der Waals surface area contributed by atoms with E-state index < -0.39 is 0 Å². The molecule has 1 aromatic heterocycles. The number of anilines is 2. The Balaban J connectivity index is 2.18. The van der Waals surface area contributed by atoms with Crippen LogP contribution in [0.3, 0.4) is 0 Å². The lowest BCUT2D eigenvalue weighted by atomic mass is 10.0. The molecule has 0 bridgehead atoms.